The summed E-state index contributed by atoms with van der Waals surface area (Å²) < 4.78 is 5.98. The van der Waals surface area contributed by atoms with E-state index in [9.17, 15) is 5.26 Å². The molecule has 1 atom stereocenters. The summed E-state index contributed by atoms with van der Waals surface area (Å²) in [7, 11) is 3.82. The van der Waals surface area contributed by atoms with Gasteiger partial charge in [-0.05, 0) is 33.5 Å². The second-order valence-electron chi connectivity index (χ2n) is 5.37. The lowest BCUT2D eigenvalue weighted by Gasteiger charge is -2.22. The Morgan fingerprint density at radius 2 is 2.12 bits per heavy atom. The van der Waals surface area contributed by atoms with Gasteiger partial charge in [-0.3, -0.25) is 4.90 Å². The summed E-state index contributed by atoms with van der Waals surface area (Å²) in [6, 6.07) is 8.14. The zero-order valence-electron chi connectivity index (χ0n) is 10.8. The molecule has 3 nitrogen and oxygen atoms in total. The number of hydrogen-bond donors (Lipinski definition) is 0. The molecule has 1 aliphatic heterocycles. The SMILES string of the molecule is CN(C)C(C#N)c1cccc2c1OC(C)(C)C2. The Balaban J connectivity index is 2.46. The first kappa shape index (κ1) is 11.9. The van der Waals surface area contributed by atoms with E-state index in [1.54, 1.807) is 0 Å². The number of nitriles is 1. The molecule has 0 aromatic heterocycles. The van der Waals surface area contributed by atoms with Gasteiger partial charge in [0.15, 0.2) is 0 Å². The number of benzene rings is 1. The quantitative estimate of drug-likeness (QED) is 0.783. The Kier molecular flexibility index (Phi) is 2.84. The minimum atomic E-state index is -0.251. The van der Waals surface area contributed by atoms with Gasteiger partial charge in [0.2, 0.25) is 0 Å². The molecule has 0 saturated heterocycles. The molecular formula is C14H18N2O. The van der Waals surface area contributed by atoms with Crippen molar-refractivity contribution >= 4 is 0 Å². The van der Waals surface area contributed by atoms with Gasteiger partial charge in [-0.15, -0.1) is 0 Å². The Morgan fingerprint density at radius 1 is 1.41 bits per heavy atom. The molecule has 0 fully saturated rings. The Hall–Kier alpha value is -1.53. The predicted molar refractivity (Wildman–Crippen MR) is 66.9 cm³/mol. The summed E-state index contributed by atoms with van der Waals surface area (Å²) in [5.41, 5.74) is 2.01. The molecule has 3 heteroatoms. The third-order valence-electron chi connectivity index (χ3n) is 3.05. The fourth-order valence-corrected chi connectivity index (χ4v) is 2.32. The molecule has 90 valence electrons. The summed E-state index contributed by atoms with van der Waals surface area (Å²) in [4.78, 5) is 1.91. The number of hydrogen-bond acceptors (Lipinski definition) is 3. The van der Waals surface area contributed by atoms with Crippen molar-refractivity contribution in [2.75, 3.05) is 14.1 Å². The highest BCUT2D eigenvalue weighted by Crippen LogP contribution is 2.40. The highest BCUT2D eigenvalue weighted by molar-refractivity contribution is 5.48. The van der Waals surface area contributed by atoms with E-state index in [1.807, 2.05) is 31.1 Å². The van der Waals surface area contributed by atoms with Crippen LogP contribution < -0.4 is 4.74 Å². The molecule has 0 bridgehead atoms. The first-order valence-electron chi connectivity index (χ1n) is 5.81. The summed E-state index contributed by atoms with van der Waals surface area (Å²) in [5.74, 6) is 0.901. The number of ether oxygens (including phenoxy) is 1. The first-order valence-corrected chi connectivity index (χ1v) is 5.81. The van der Waals surface area contributed by atoms with Crippen molar-refractivity contribution in [3.05, 3.63) is 29.3 Å². The Labute approximate surface area is 103 Å². The van der Waals surface area contributed by atoms with Crippen molar-refractivity contribution in [2.45, 2.75) is 31.9 Å². The van der Waals surface area contributed by atoms with Crippen LogP contribution in [0.15, 0.2) is 18.2 Å². The van der Waals surface area contributed by atoms with Crippen LogP contribution in [0.5, 0.6) is 5.75 Å². The maximum Gasteiger partial charge on any atom is 0.129 e. The van der Waals surface area contributed by atoms with Gasteiger partial charge in [-0.2, -0.15) is 5.26 Å². The Morgan fingerprint density at radius 3 is 2.71 bits per heavy atom. The van der Waals surface area contributed by atoms with E-state index in [4.69, 9.17) is 4.74 Å². The molecule has 0 radical (unpaired) electrons. The number of fused-ring (bicyclic) bond motifs is 1. The largest absolute Gasteiger partial charge is 0.487 e. The third kappa shape index (κ3) is 2.13. The number of nitrogens with zero attached hydrogens (tertiary/aromatic N) is 2. The van der Waals surface area contributed by atoms with Crippen LogP contribution in [0.1, 0.15) is 31.0 Å². The van der Waals surface area contributed by atoms with E-state index in [-0.39, 0.29) is 11.6 Å². The van der Waals surface area contributed by atoms with Gasteiger partial charge >= 0.3 is 0 Å². The molecule has 0 amide bonds. The van der Waals surface area contributed by atoms with Crippen molar-refractivity contribution in [3.63, 3.8) is 0 Å². The van der Waals surface area contributed by atoms with Gasteiger partial charge in [-0.25, -0.2) is 0 Å². The van der Waals surface area contributed by atoms with Crippen LogP contribution in [-0.2, 0) is 6.42 Å². The molecule has 0 saturated carbocycles. The number of para-hydroxylation sites is 1. The summed E-state index contributed by atoms with van der Waals surface area (Å²) in [6.07, 6.45) is 0.905. The molecule has 0 spiro atoms. The van der Waals surface area contributed by atoms with Gasteiger partial charge in [0.25, 0.3) is 0 Å². The molecule has 1 aromatic carbocycles. The van der Waals surface area contributed by atoms with Crippen LogP contribution in [0, 0.1) is 11.3 Å². The van der Waals surface area contributed by atoms with Gasteiger partial charge in [-0.1, -0.05) is 18.2 Å². The second kappa shape index (κ2) is 4.05. The van der Waals surface area contributed by atoms with Gasteiger partial charge in [0.1, 0.15) is 17.4 Å². The van der Waals surface area contributed by atoms with Crippen LogP contribution >= 0.6 is 0 Å². The first-order chi connectivity index (χ1) is 7.94. The van der Waals surface area contributed by atoms with Gasteiger partial charge < -0.3 is 4.74 Å². The minimum Gasteiger partial charge on any atom is -0.487 e. The van der Waals surface area contributed by atoms with E-state index < -0.39 is 0 Å². The lowest BCUT2D eigenvalue weighted by atomic mass is 9.98. The van der Waals surface area contributed by atoms with Crippen molar-refractivity contribution < 1.29 is 4.74 Å². The zero-order chi connectivity index (χ0) is 12.6. The molecule has 0 N–H and O–H groups in total. The van der Waals surface area contributed by atoms with E-state index in [1.165, 1.54) is 5.56 Å². The summed E-state index contributed by atoms with van der Waals surface area (Å²) in [5, 5.41) is 9.26. The second-order valence-corrected chi connectivity index (χ2v) is 5.37. The van der Waals surface area contributed by atoms with Crippen LogP contribution in [0.25, 0.3) is 0 Å². The van der Waals surface area contributed by atoms with Crippen molar-refractivity contribution in [3.8, 4) is 11.8 Å². The smallest absolute Gasteiger partial charge is 0.129 e. The molecular weight excluding hydrogens is 212 g/mol. The van der Waals surface area contributed by atoms with Crippen molar-refractivity contribution in [1.29, 1.82) is 5.26 Å². The van der Waals surface area contributed by atoms with Gasteiger partial charge in [0.05, 0.1) is 6.07 Å². The molecule has 2 rings (SSSR count). The third-order valence-corrected chi connectivity index (χ3v) is 3.05. The zero-order valence-corrected chi connectivity index (χ0v) is 10.8. The predicted octanol–water partition coefficient (Wildman–Crippen LogP) is 2.53. The van der Waals surface area contributed by atoms with Crippen LogP contribution in [0.4, 0.5) is 0 Å². The van der Waals surface area contributed by atoms with E-state index in [2.05, 4.69) is 26.0 Å². The molecule has 0 aliphatic carbocycles. The normalized spacial score (nSPS) is 18.4. The highest BCUT2D eigenvalue weighted by Gasteiger charge is 2.33. The van der Waals surface area contributed by atoms with Crippen LogP contribution in [-0.4, -0.2) is 24.6 Å². The standard InChI is InChI=1S/C14H18N2O/c1-14(2)8-10-6-5-7-11(13(10)17-14)12(9-15)16(3)4/h5-7,12H,8H2,1-4H3. The lowest BCUT2D eigenvalue weighted by molar-refractivity contribution is 0.135. The monoisotopic (exact) mass is 230 g/mol. The van der Waals surface area contributed by atoms with E-state index in [0.717, 1.165) is 17.7 Å². The molecule has 1 heterocycles. The fourth-order valence-electron chi connectivity index (χ4n) is 2.32. The summed E-state index contributed by atoms with van der Waals surface area (Å²) in [6.45, 7) is 4.15. The van der Waals surface area contributed by atoms with Crippen LogP contribution in [0.3, 0.4) is 0 Å². The van der Waals surface area contributed by atoms with Gasteiger partial charge in [0, 0.05) is 12.0 Å². The summed E-state index contributed by atoms with van der Waals surface area (Å²) >= 11 is 0. The van der Waals surface area contributed by atoms with Crippen molar-refractivity contribution in [1.82, 2.24) is 4.90 Å². The molecule has 17 heavy (non-hydrogen) atoms. The molecule has 1 aromatic rings. The van der Waals surface area contributed by atoms with E-state index in [0.29, 0.717) is 0 Å². The fraction of sp³-hybridized carbons (Fsp3) is 0.500. The van der Waals surface area contributed by atoms with Crippen LogP contribution in [0.2, 0.25) is 0 Å². The lowest BCUT2D eigenvalue weighted by Crippen LogP contribution is -2.25. The highest BCUT2D eigenvalue weighted by atomic mass is 16.5. The Bertz CT molecular complexity index is 472. The molecule has 1 unspecified atom stereocenters. The van der Waals surface area contributed by atoms with E-state index >= 15 is 0 Å². The average molecular weight is 230 g/mol. The average Bonchev–Trinajstić information content (AvgIpc) is 2.53. The topological polar surface area (TPSA) is 36.3 Å². The van der Waals surface area contributed by atoms with Crippen molar-refractivity contribution in [2.24, 2.45) is 0 Å². The number of rotatable bonds is 2. The maximum atomic E-state index is 9.26. The minimum absolute atomic E-state index is 0.162. The molecule has 1 aliphatic rings. The maximum absolute atomic E-state index is 9.26.